The van der Waals surface area contributed by atoms with Crippen LogP contribution in [0.15, 0.2) is 12.3 Å². The summed E-state index contributed by atoms with van der Waals surface area (Å²) in [5.74, 6) is 0. The molecular weight excluding hydrogens is 619 g/mol. The molecule has 0 saturated carbocycles. The van der Waals surface area contributed by atoms with E-state index in [1.165, 1.54) is 12.3 Å². The molecule has 0 atom stereocenters. The van der Waals surface area contributed by atoms with E-state index >= 15 is 0 Å². The minimum absolute atomic E-state index is 0.0449. The fraction of sp³-hybridized carbons (Fsp3) is 0. The third kappa shape index (κ3) is 4.26. The second-order valence-corrected chi connectivity index (χ2v) is 9.48. The van der Waals surface area contributed by atoms with Gasteiger partial charge in [0.15, 0.2) is 5.69 Å². The molecule has 0 aliphatic carbocycles. The van der Waals surface area contributed by atoms with Gasteiger partial charge in [0.2, 0.25) is 0 Å². The highest BCUT2D eigenvalue weighted by atomic mass is 35.5. The van der Waals surface area contributed by atoms with Crippen molar-refractivity contribution in [3.63, 3.8) is 0 Å². The number of rotatable bonds is 3. The largest absolute Gasteiger partial charge is 0.303 e. The molecule has 1 aromatic heterocycles. The maximum absolute atomic E-state index is 12.1. The van der Waals surface area contributed by atoms with Crippen molar-refractivity contribution in [3.05, 3.63) is 72.6 Å². The summed E-state index contributed by atoms with van der Waals surface area (Å²) in [7, 11) is 0. The topological polar surface area (TPSA) is 56.0 Å². The number of benzene rings is 2. The van der Waals surface area contributed by atoms with Crippen LogP contribution in [0.5, 0.6) is 0 Å². The zero-order chi connectivity index (χ0) is 23.4. The van der Waals surface area contributed by atoms with Crippen LogP contribution < -0.4 is 0 Å². The molecule has 3 rings (SSSR count). The maximum Gasteiger partial charge on any atom is 0.303 e. The van der Waals surface area contributed by atoms with E-state index in [1.54, 1.807) is 0 Å². The Hall–Kier alpha value is -0.110. The molecule has 0 radical (unpaired) electrons. The van der Waals surface area contributed by atoms with Crippen LogP contribution in [0, 0.1) is 10.1 Å². The van der Waals surface area contributed by atoms with E-state index in [0.29, 0.717) is 0 Å². The SMILES string of the molecule is O=[N+]([O-])c1c(-c2c(Cl)c(Cl)c(Cl)c(Cl)c2Cl)ccnc1-c1c(Cl)c(Cl)c(Cl)c(Cl)c1Cl. The van der Waals surface area contributed by atoms with Crippen LogP contribution in [-0.4, -0.2) is 9.91 Å². The van der Waals surface area contributed by atoms with Crippen LogP contribution in [-0.2, 0) is 0 Å². The highest BCUT2D eigenvalue weighted by Gasteiger charge is 2.32. The third-order valence-corrected chi connectivity index (χ3v) is 8.59. The van der Waals surface area contributed by atoms with Crippen LogP contribution >= 0.6 is 116 Å². The van der Waals surface area contributed by atoms with Gasteiger partial charge in [-0.25, -0.2) is 4.98 Å². The van der Waals surface area contributed by atoms with Gasteiger partial charge in [-0.3, -0.25) is 10.1 Å². The van der Waals surface area contributed by atoms with Gasteiger partial charge in [-0.15, -0.1) is 0 Å². The minimum Gasteiger partial charge on any atom is -0.258 e. The molecule has 31 heavy (non-hydrogen) atoms. The summed E-state index contributed by atoms with van der Waals surface area (Å²) < 4.78 is 0. The second kappa shape index (κ2) is 9.63. The Morgan fingerprint density at radius 3 is 1.35 bits per heavy atom. The smallest absolute Gasteiger partial charge is 0.258 e. The molecule has 0 fully saturated rings. The number of aromatic nitrogens is 1. The predicted octanol–water partition coefficient (Wildman–Crippen LogP) is 10.9. The lowest BCUT2D eigenvalue weighted by Crippen LogP contribution is -2.00. The van der Waals surface area contributed by atoms with Gasteiger partial charge in [-0.1, -0.05) is 116 Å². The van der Waals surface area contributed by atoms with E-state index < -0.39 is 10.6 Å². The number of halogens is 10. The number of nitrogens with zero attached hydrogens (tertiary/aromatic N) is 2. The van der Waals surface area contributed by atoms with Crippen molar-refractivity contribution < 1.29 is 4.92 Å². The summed E-state index contributed by atoms with van der Waals surface area (Å²) in [5, 5.41) is 10.6. The number of hydrogen-bond acceptors (Lipinski definition) is 3. The second-order valence-electron chi connectivity index (χ2n) is 5.70. The van der Waals surface area contributed by atoms with Gasteiger partial charge in [0.05, 0.1) is 60.7 Å². The molecule has 0 aliphatic rings. The van der Waals surface area contributed by atoms with Gasteiger partial charge < -0.3 is 0 Å². The highest BCUT2D eigenvalue weighted by Crippen LogP contribution is 2.54. The average Bonchev–Trinajstić information content (AvgIpc) is 2.73. The summed E-state index contributed by atoms with van der Waals surface area (Å²) >= 11 is 61.7. The van der Waals surface area contributed by atoms with Gasteiger partial charge in [0.1, 0.15) is 0 Å². The lowest BCUT2D eigenvalue weighted by atomic mass is 10.00. The van der Waals surface area contributed by atoms with Crippen molar-refractivity contribution in [2.45, 2.75) is 0 Å². The molecule has 0 saturated heterocycles. The van der Waals surface area contributed by atoms with Crippen LogP contribution in [0.25, 0.3) is 22.4 Å². The van der Waals surface area contributed by atoms with E-state index in [9.17, 15) is 10.1 Å². The Labute approximate surface area is 224 Å². The summed E-state index contributed by atoms with van der Waals surface area (Å²) in [6.45, 7) is 0. The van der Waals surface area contributed by atoms with Gasteiger partial charge in [0.25, 0.3) is 0 Å². The maximum atomic E-state index is 12.1. The van der Waals surface area contributed by atoms with Crippen LogP contribution in [0.2, 0.25) is 50.2 Å². The molecule has 0 bridgehead atoms. The molecular formula is C17H2Cl10N2O2. The zero-order valence-electron chi connectivity index (χ0n) is 14.1. The highest BCUT2D eigenvalue weighted by molar-refractivity contribution is 6.57. The van der Waals surface area contributed by atoms with Crippen molar-refractivity contribution in [3.8, 4) is 22.4 Å². The number of hydrogen-bond donors (Lipinski definition) is 0. The van der Waals surface area contributed by atoms with Crippen LogP contribution in [0.1, 0.15) is 0 Å². The first-order valence-electron chi connectivity index (χ1n) is 7.58. The number of nitro groups is 1. The molecule has 0 N–H and O–H groups in total. The lowest BCUT2D eigenvalue weighted by molar-refractivity contribution is -0.383. The molecule has 2 aromatic carbocycles. The minimum atomic E-state index is -0.732. The van der Waals surface area contributed by atoms with E-state index in [0.717, 1.165) is 0 Å². The average molecular weight is 621 g/mol. The summed E-state index contributed by atoms with van der Waals surface area (Å²) in [6.07, 6.45) is 1.24. The Balaban J connectivity index is 2.51. The van der Waals surface area contributed by atoms with Crippen molar-refractivity contribution in [2.24, 2.45) is 0 Å². The van der Waals surface area contributed by atoms with Gasteiger partial charge >= 0.3 is 5.69 Å². The Morgan fingerprint density at radius 2 is 0.968 bits per heavy atom. The van der Waals surface area contributed by atoms with Gasteiger partial charge in [0, 0.05) is 17.3 Å². The van der Waals surface area contributed by atoms with Crippen LogP contribution in [0.3, 0.4) is 0 Å². The molecule has 0 aliphatic heterocycles. The summed E-state index contributed by atoms with van der Waals surface area (Å²) in [5.41, 5.74) is -1.09. The van der Waals surface area contributed by atoms with Crippen LogP contribution in [0.4, 0.5) is 5.69 Å². The fourth-order valence-electron chi connectivity index (χ4n) is 2.68. The molecule has 3 aromatic rings. The van der Waals surface area contributed by atoms with Crippen molar-refractivity contribution in [1.29, 1.82) is 0 Å². The van der Waals surface area contributed by atoms with E-state index in [-0.39, 0.29) is 72.6 Å². The lowest BCUT2D eigenvalue weighted by Gasteiger charge is -2.16. The Morgan fingerprint density at radius 1 is 0.613 bits per heavy atom. The molecule has 4 nitrogen and oxygen atoms in total. The fourth-order valence-corrected chi connectivity index (χ4v) is 5.34. The first kappa shape index (κ1) is 25.5. The summed E-state index contributed by atoms with van der Waals surface area (Å²) in [4.78, 5) is 15.4. The van der Waals surface area contributed by atoms with Crippen molar-refractivity contribution in [1.82, 2.24) is 4.98 Å². The predicted molar refractivity (Wildman–Crippen MR) is 132 cm³/mol. The van der Waals surface area contributed by atoms with Gasteiger partial charge in [-0.05, 0) is 6.07 Å². The normalized spacial score (nSPS) is 11.2. The zero-order valence-corrected chi connectivity index (χ0v) is 21.7. The van der Waals surface area contributed by atoms with E-state index in [1.807, 2.05) is 0 Å². The first-order valence-corrected chi connectivity index (χ1v) is 11.4. The monoisotopic (exact) mass is 616 g/mol. The van der Waals surface area contributed by atoms with Gasteiger partial charge in [-0.2, -0.15) is 0 Å². The first-order chi connectivity index (χ1) is 14.4. The van der Waals surface area contributed by atoms with Crippen molar-refractivity contribution in [2.75, 3.05) is 0 Å². The quantitative estimate of drug-likeness (QED) is 0.127. The van der Waals surface area contributed by atoms with Crippen molar-refractivity contribution >= 4 is 122 Å². The Kier molecular flexibility index (Phi) is 7.93. The summed E-state index contributed by atoms with van der Waals surface area (Å²) in [6, 6.07) is 1.29. The van der Waals surface area contributed by atoms with E-state index in [2.05, 4.69) is 4.98 Å². The molecule has 14 heteroatoms. The molecule has 0 spiro atoms. The Bertz CT molecular complexity index is 1130. The molecule has 1 heterocycles. The molecule has 0 unspecified atom stereocenters. The third-order valence-electron chi connectivity index (χ3n) is 4.03. The molecule has 0 amide bonds. The molecule has 162 valence electrons. The van der Waals surface area contributed by atoms with E-state index in [4.69, 9.17) is 116 Å². The number of pyridine rings is 1. The standard InChI is InChI=1S/C17H2Cl10N2O2/c18-6-4(7(19)11(23)14(26)10(6)22)3-1-2-28-16(17(3)29(30)31)5-8(20)12(24)15(27)13(25)9(5)21/h1-2H.